The molecule has 0 aliphatic carbocycles. The standard InChI is InChI=1S/C30H40N4O4/c1-18(2)28(34-15-23(14-31-34)30(5,6)7)29(37)33-16-24(35)13-26(33)27(36)12-19(3)21-8-10-22(11-9-21)25-17-38-32-20(25)4/h8-11,14-15,17-19,24,26,28,35H,12-13,16H2,1-7H3. The van der Waals surface area contributed by atoms with Crippen LogP contribution in [0.25, 0.3) is 11.1 Å². The van der Waals surface area contributed by atoms with E-state index in [1.165, 1.54) is 0 Å². The highest BCUT2D eigenvalue weighted by molar-refractivity contribution is 5.91. The second-order valence-corrected chi connectivity index (χ2v) is 12.1. The molecule has 38 heavy (non-hydrogen) atoms. The summed E-state index contributed by atoms with van der Waals surface area (Å²) in [6.45, 7) is 14.4. The summed E-state index contributed by atoms with van der Waals surface area (Å²) in [5.41, 5.74) is 4.78. The molecule has 4 unspecified atom stereocenters. The monoisotopic (exact) mass is 520 g/mol. The number of amides is 1. The summed E-state index contributed by atoms with van der Waals surface area (Å²) >= 11 is 0. The molecule has 0 spiro atoms. The normalized spacial score (nSPS) is 19.7. The van der Waals surface area contributed by atoms with Crippen LogP contribution in [0.4, 0.5) is 0 Å². The van der Waals surface area contributed by atoms with Gasteiger partial charge < -0.3 is 14.5 Å². The lowest BCUT2D eigenvalue weighted by Crippen LogP contribution is -2.45. The second kappa shape index (κ2) is 10.8. The molecule has 1 fully saturated rings. The van der Waals surface area contributed by atoms with Crippen molar-refractivity contribution in [3.63, 3.8) is 0 Å². The first kappa shape index (κ1) is 27.8. The Balaban J connectivity index is 1.49. The molecule has 0 radical (unpaired) electrons. The number of ketones is 1. The lowest BCUT2D eigenvalue weighted by molar-refractivity contribution is -0.142. The minimum Gasteiger partial charge on any atom is -0.391 e. The van der Waals surface area contributed by atoms with Crippen molar-refractivity contribution < 1.29 is 19.2 Å². The first-order valence-corrected chi connectivity index (χ1v) is 13.4. The maximum Gasteiger partial charge on any atom is 0.248 e. The molecule has 3 heterocycles. The molecule has 1 aromatic carbocycles. The van der Waals surface area contributed by atoms with Crippen molar-refractivity contribution in [1.82, 2.24) is 19.8 Å². The van der Waals surface area contributed by atoms with Crippen LogP contribution in [-0.4, -0.2) is 55.3 Å². The summed E-state index contributed by atoms with van der Waals surface area (Å²) in [7, 11) is 0. The van der Waals surface area contributed by atoms with Gasteiger partial charge in [0.1, 0.15) is 12.3 Å². The number of aromatic nitrogens is 3. The van der Waals surface area contributed by atoms with Gasteiger partial charge in [0.2, 0.25) is 5.91 Å². The number of carbonyl (C=O) groups excluding carboxylic acids is 2. The van der Waals surface area contributed by atoms with Crippen molar-refractivity contribution in [2.45, 2.75) is 90.8 Å². The minimum atomic E-state index is -0.718. The molecule has 1 amide bonds. The van der Waals surface area contributed by atoms with E-state index in [2.05, 4.69) is 31.0 Å². The van der Waals surface area contributed by atoms with Crippen LogP contribution in [0.15, 0.2) is 47.4 Å². The van der Waals surface area contributed by atoms with Crippen molar-refractivity contribution in [3.05, 3.63) is 59.7 Å². The SMILES string of the molecule is Cc1nocc1-c1ccc(C(C)CC(=O)C2CC(O)CN2C(=O)C(C(C)C)n2cc(C(C)(C)C)cn2)cc1. The van der Waals surface area contributed by atoms with Crippen LogP contribution < -0.4 is 0 Å². The van der Waals surface area contributed by atoms with Crippen LogP contribution in [0.2, 0.25) is 0 Å². The Morgan fingerprint density at radius 2 is 1.84 bits per heavy atom. The smallest absolute Gasteiger partial charge is 0.248 e. The topological polar surface area (TPSA) is 101 Å². The number of likely N-dealkylation sites (tertiary alicyclic amines) is 1. The Kier molecular flexibility index (Phi) is 7.93. The van der Waals surface area contributed by atoms with Crippen LogP contribution in [-0.2, 0) is 15.0 Å². The van der Waals surface area contributed by atoms with Gasteiger partial charge in [0.15, 0.2) is 5.78 Å². The molecule has 1 N–H and O–H groups in total. The Morgan fingerprint density at radius 3 is 2.39 bits per heavy atom. The number of Topliss-reactive ketones (excluding diaryl/α,β-unsaturated/α-hetero) is 1. The number of aliphatic hydroxyl groups excluding tert-OH is 1. The van der Waals surface area contributed by atoms with Crippen molar-refractivity contribution >= 4 is 11.7 Å². The molecule has 204 valence electrons. The van der Waals surface area contributed by atoms with E-state index in [-0.39, 0.29) is 48.3 Å². The van der Waals surface area contributed by atoms with Gasteiger partial charge >= 0.3 is 0 Å². The van der Waals surface area contributed by atoms with Gasteiger partial charge in [-0.3, -0.25) is 14.3 Å². The van der Waals surface area contributed by atoms with E-state index in [0.29, 0.717) is 0 Å². The van der Waals surface area contributed by atoms with E-state index >= 15 is 0 Å². The largest absolute Gasteiger partial charge is 0.391 e. The predicted octanol–water partition coefficient (Wildman–Crippen LogP) is 5.07. The molecular formula is C30H40N4O4. The van der Waals surface area contributed by atoms with Crippen molar-refractivity contribution in [1.29, 1.82) is 0 Å². The van der Waals surface area contributed by atoms with E-state index < -0.39 is 18.2 Å². The van der Waals surface area contributed by atoms with Gasteiger partial charge in [-0.2, -0.15) is 5.10 Å². The molecule has 4 rings (SSSR count). The number of aliphatic hydroxyl groups is 1. The fourth-order valence-corrected chi connectivity index (χ4v) is 5.23. The Hall–Kier alpha value is -3.26. The fraction of sp³-hybridized carbons (Fsp3) is 0.533. The lowest BCUT2D eigenvalue weighted by Gasteiger charge is -2.30. The number of carbonyl (C=O) groups is 2. The summed E-state index contributed by atoms with van der Waals surface area (Å²) in [5.74, 6) is -0.259. The first-order valence-electron chi connectivity index (χ1n) is 13.4. The zero-order valence-corrected chi connectivity index (χ0v) is 23.5. The van der Waals surface area contributed by atoms with Crippen LogP contribution in [0.3, 0.4) is 0 Å². The van der Waals surface area contributed by atoms with Crippen LogP contribution in [0.5, 0.6) is 0 Å². The Bertz CT molecular complexity index is 1270. The summed E-state index contributed by atoms with van der Waals surface area (Å²) in [4.78, 5) is 28.9. The van der Waals surface area contributed by atoms with Crippen molar-refractivity contribution in [3.8, 4) is 11.1 Å². The van der Waals surface area contributed by atoms with Gasteiger partial charge in [0, 0.05) is 31.1 Å². The van der Waals surface area contributed by atoms with Gasteiger partial charge in [0.25, 0.3) is 0 Å². The molecule has 8 nitrogen and oxygen atoms in total. The highest BCUT2D eigenvalue weighted by Gasteiger charge is 2.42. The summed E-state index contributed by atoms with van der Waals surface area (Å²) < 4.78 is 6.77. The molecule has 3 aromatic rings. The zero-order valence-electron chi connectivity index (χ0n) is 23.5. The third-order valence-corrected chi connectivity index (χ3v) is 7.62. The van der Waals surface area contributed by atoms with Gasteiger partial charge in [-0.25, -0.2) is 0 Å². The molecule has 1 aliphatic rings. The molecule has 0 saturated carbocycles. The summed E-state index contributed by atoms with van der Waals surface area (Å²) in [6.07, 6.45) is 5.20. The average Bonchev–Trinajstić information content (AvgIpc) is 3.58. The minimum absolute atomic E-state index is 0.0280. The molecule has 8 heteroatoms. The number of β-amino-alcohol motifs (C(OH)–C–C–N with tert-alkyl or cyclic N) is 1. The van der Waals surface area contributed by atoms with Crippen LogP contribution in [0.1, 0.15) is 83.2 Å². The number of nitrogens with zero attached hydrogens (tertiary/aromatic N) is 4. The van der Waals surface area contributed by atoms with Crippen molar-refractivity contribution in [2.75, 3.05) is 6.54 Å². The highest BCUT2D eigenvalue weighted by Crippen LogP contribution is 2.31. The molecule has 1 saturated heterocycles. The highest BCUT2D eigenvalue weighted by atomic mass is 16.5. The second-order valence-electron chi connectivity index (χ2n) is 12.1. The molecule has 1 aliphatic heterocycles. The van der Waals surface area contributed by atoms with Gasteiger partial charge in [-0.1, -0.05) is 71.0 Å². The quantitative estimate of drug-likeness (QED) is 0.445. The van der Waals surface area contributed by atoms with Crippen LogP contribution in [0, 0.1) is 12.8 Å². The fourth-order valence-electron chi connectivity index (χ4n) is 5.23. The maximum atomic E-state index is 13.8. The maximum absolute atomic E-state index is 13.8. The Morgan fingerprint density at radius 1 is 1.16 bits per heavy atom. The molecule has 2 aromatic heterocycles. The van der Waals surface area contributed by atoms with E-state index in [1.807, 2.05) is 64.4 Å². The summed E-state index contributed by atoms with van der Waals surface area (Å²) in [5, 5.41) is 18.9. The number of hydrogen-bond acceptors (Lipinski definition) is 6. The number of rotatable bonds is 8. The van der Waals surface area contributed by atoms with E-state index in [1.54, 1.807) is 15.8 Å². The third kappa shape index (κ3) is 5.75. The zero-order chi connectivity index (χ0) is 27.8. The lowest BCUT2D eigenvalue weighted by atomic mass is 9.90. The molecular weight excluding hydrogens is 480 g/mol. The van der Waals surface area contributed by atoms with E-state index in [4.69, 9.17) is 4.52 Å². The summed E-state index contributed by atoms with van der Waals surface area (Å²) in [6, 6.07) is 6.87. The molecule has 4 atom stereocenters. The third-order valence-electron chi connectivity index (χ3n) is 7.62. The number of hydrogen-bond donors (Lipinski definition) is 1. The van der Waals surface area contributed by atoms with E-state index in [9.17, 15) is 14.7 Å². The van der Waals surface area contributed by atoms with Gasteiger partial charge in [-0.15, -0.1) is 0 Å². The van der Waals surface area contributed by atoms with Gasteiger partial charge in [0.05, 0.1) is 24.0 Å². The Labute approximate surface area is 225 Å². The average molecular weight is 521 g/mol. The number of benzene rings is 1. The van der Waals surface area contributed by atoms with Crippen LogP contribution >= 0.6 is 0 Å². The van der Waals surface area contributed by atoms with Crippen molar-refractivity contribution in [2.24, 2.45) is 5.92 Å². The number of aryl methyl sites for hydroxylation is 1. The molecule has 0 bridgehead atoms. The van der Waals surface area contributed by atoms with E-state index in [0.717, 1.165) is 27.9 Å². The predicted molar refractivity (Wildman–Crippen MR) is 146 cm³/mol. The van der Waals surface area contributed by atoms with Gasteiger partial charge in [-0.05, 0) is 40.9 Å². The first-order chi connectivity index (χ1) is 17.9.